The van der Waals surface area contributed by atoms with Crippen molar-refractivity contribution in [2.24, 2.45) is 0 Å². The molecule has 1 aromatic carbocycles. The zero-order chi connectivity index (χ0) is 22.4. The molecular weight excluding hydrogens is 392 g/mol. The van der Waals surface area contributed by atoms with E-state index in [1.54, 1.807) is 39.8 Å². The number of hydrogen-bond acceptors (Lipinski definition) is 9. The third-order valence-electron chi connectivity index (χ3n) is 4.49. The van der Waals surface area contributed by atoms with Crippen LogP contribution in [0, 0.1) is 5.21 Å². The summed E-state index contributed by atoms with van der Waals surface area (Å²) in [6.07, 6.45) is -0.372. The van der Waals surface area contributed by atoms with E-state index in [0.717, 1.165) is 0 Å². The van der Waals surface area contributed by atoms with Crippen molar-refractivity contribution < 1.29 is 29.0 Å². The van der Waals surface area contributed by atoms with Gasteiger partial charge in [0.2, 0.25) is 0 Å². The average Bonchev–Trinajstić information content (AvgIpc) is 2.66. The van der Waals surface area contributed by atoms with E-state index < -0.39 is 17.9 Å². The summed E-state index contributed by atoms with van der Waals surface area (Å²) in [6, 6.07) is 6.04. The lowest BCUT2D eigenvalue weighted by Crippen LogP contribution is -2.33. The highest BCUT2D eigenvalue weighted by Gasteiger charge is 2.38. The van der Waals surface area contributed by atoms with Crippen molar-refractivity contribution in [2.75, 3.05) is 25.6 Å². The molecule has 9 heteroatoms. The summed E-state index contributed by atoms with van der Waals surface area (Å²) < 4.78 is 15.6. The number of hydrogen-bond donors (Lipinski definition) is 2. The number of benzene rings is 1. The van der Waals surface area contributed by atoms with Gasteiger partial charge in [-0.15, -0.1) is 0 Å². The van der Waals surface area contributed by atoms with Crippen LogP contribution < -0.4 is 10.5 Å². The van der Waals surface area contributed by atoms with Gasteiger partial charge in [-0.2, -0.15) is 0 Å². The SMILES string of the molecule is COCCOC(=O)C1=C(C)NC(C)=C(C(=O)OC(C)C)[C@H]1c1cccc(N([O-])O)c1. The fourth-order valence-electron chi connectivity index (χ4n) is 3.26. The lowest BCUT2D eigenvalue weighted by Gasteiger charge is -2.31. The second-order valence-corrected chi connectivity index (χ2v) is 7.09. The fraction of sp³-hybridized carbons (Fsp3) is 0.429. The van der Waals surface area contributed by atoms with E-state index >= 15 is 0 Å². The molecule has 0 aliphatic carbocycles. The summed E-state index contributed by atoms with van der Waals surface area (Å²) in [7, 11) is 1.49. The van der Waals surface area contributed by atoms with Crippen molar-refractivity contribution in [3.05, 3.63) is 57.6 Å². The Hall–Kier alpha value is -2.88. The van der Waals surface area contributed by atoms with Gasteiger partial charge >= 0.3 is 11.9 Å². The van der Waals surface area contributed by atoms with E-state index in [-0.39, 0.29) is 41.4 Å². The summed E-state index contributed by atoms with van der Waals surface area (Å²) in [5.41, 5.74) is 1.88. The van der Waals surface area contributed by atoms with Crippen molar-refractivity contribution in [2.45, 2.75) is 39.7 Å². The summed E-state index contributed by atoms with van der Waals surface area (Å²) in [6.45, 7) is 7.11. The largest absolute Gasteiger partial charge is 0.733 e. The second-order valence-electron chi connectivity index (χ2n) is 7.09. The van der Waals surface area contributed by atoms with E-state index in [1.165, 1.54) is 19.2 Å². The number of allylic oxidation sites excluding steroid dienone is 2. The number of rotatable bonds is 8. The third kappa shape index (κ3) is 5.38. The van der Waals surface area contributed by atoms with Gasteiger partial charge in [-0.1, -0.05) is 12.1 Å². The maximum Gasteiger partial charge on any atom is 0.337 e. The maximum atomic E-state index is 12.9. The third-order valence-corrected chi connectivity index (χ3v) is 4.49. The van der Waals surface area contributed by atoms with E-state index in [4.69, 9.17) is 14.2 Å². The Morgan fingerprint density at radius 3 is 2.37 bits per heavy atom. The number of anilines is 1. The second kappa shape index (κ2) is 10.2. The first kappa shape index (κ1) is 23.4. The zero-order valence-corrected chi connectivity index (χ0v) is 17.7. The van der Waals surface area contributed by atoms with Crippen LogP contribution in [-0.4, -0.2) is 43.6 Å². The van der Waals surface area contributed by atoms with Crippen molar-refractivity contribution in [3.8, 4) is 0 Å². The first-order valence-electron chi connectivity index (χ1n) is 9.49. The molecule has 2 rings (SSSR count). The molecule has 0 unspecified atom stereocenters. The quantitative estimate of drug-likeness (QED) is 0.372. The molecule has 0 amide bonds. The standard InChI is InChI=1S/C21H27N2O7/c1-12(2)30-21(25)18-14(4)22-13(3)17(20(24)29-10-9-28-5)19(18)15-7-6-8-16(11-15)23(26)27/h6-8,11-12,19,22,26H,9-10H2,1-5H3/q-1/t19-/m0/s1. The summed E-state index contributed by atoms with van der Waals surface area (Å²) in [4.78, 5) is 25.8. The van der Waals surface area contributed by atoms with E-state index in [0.29, 0.717) is 17.0 Å². The van der Waals surface area contributed by atoms with Crippen LogP contribution in [-0.2, 0) is 23.8 Å². The van der Waals surface area contributed by atoms with Crippen LogP contribution in [0.2, 0.25) is 0 Å². The predicted molar refractivity (Wildman–Crippen MR) is 109 cm³/mol. The van der Waals surface area contributed by atoms with Crippen molar-refractivity contribution in [3.63, 3.8) is 0 Å². The number of carbonyl (C=O) groups is 2. The summed E-state index contributed by atoms with van der Waals surface area (Å²) >= 11 is 0. The van der Waals surface area contributed by atoms with Crippen LogP contribution in [0.1, 0.15) is 39.2 Å². The number of nitrogens with one attached hydrogen (secondary N) is 1. The highest BCUT2D eigenvalue weighted by atomic mass is 16.8. The van der Waals surface area contributed by atoms with Gasteiger partial charge in [-0.05, 0) is 45.4 Å². The van der Waals surface area contributed by atoms with Gasteiger partial charge in [0.1, 0.15) is 6.61 Å². The van der Waals surface area contributed by atoms with Crippen molar-refractivity contribution >= 4 is 17.6 Å². The minimum absolute atomic E-state index is 0.0370. The Morgan fingerprint density at radius 2 is 1.80 bits per heavy atom. The van der Waals surface area contributed by atoms with Crippen molar-refractivity contribution in [1.82, 2.24) is 5.32 Å². The molecule has 1 aliphatic rings. The maximum absolute atomic E-state index is 12.9. The zero-order valence-electron chi connectivity index (χ0n) is 17.7. The number of methoxy groups -OCH3 is 1. The molecule has 1 atom stereocenters. The molecule has 0 spiro atoms. The molecular formula is C21H27N2O7-. The van der Waals surface area contributed by atoms with Gasteiger partial charge in [-0.25, -0.2) is 9.59 Å². The van der Waals surface area contributed by atoms with E-state index in [1.807, 2.05) is 0 Å². The molecule has 0 saturated heterocycles. The van der Waals surface area contributed by atoms with Gasteiger partial charge in [0.05, 0.1) is 35.5 Å². The Balaban J connectivity index is 2.59. The van der Waals surface area contributed by atoms with Crippen LogP contribution in [0.3, 0.4) is 0 Å². The molecule has 1 aromatic rings. The Labute approximate surface area is 175 Å². The molecule has 0 fully saturated rings. The molecule has 1 heterocycles. The fourth-order valence-corrected chi connectivity index (χ4v) is 3.26. The first-order valence-corrected chi connectivity index (χ1v) is 9.49. The molecule has 30 heavy (non-hydrogen) atoms. The summed E-state index contributed by atoms with van der Waals surface area (Å²) in [5, 5.41) is 23.5. The number of carbonyl (C=O) groups excluding carboxylic acids is 2. The molecule has 0 saturated carbocycles. The van der Waals surface area contributed by atoms with Gasteiger partial charge in [-0.3, -0.25) is 5.21 Å². The highest BCUT2D eigenvalue weighted by molar-refractivity contribution is 6.00. The normalized spacial score (nSPS) is 16.5. The summed E-state index contributed by atoms with van der Waals surface area (Å²) in [5.74, 6) is -2.08. The Bertz CT molecular complexity index is 859. The minimum atomic E-state index is -0.854. The Morgan fingerprint density at radius 1 is 1.17 bits per heavy atom. The van der Waals surface area contributed by atoms with Crippen LogP contribution >= 0.6 is 0 Å². The Kier molecular flexibility index (Phi) is 7.99. The topological polar surface area (TPSA) is 120 Å². The number of ether oxygens (including phenoxy) is 3. The number of dihydropyridines is 1. The van der Waals surface area contributed by atoms with E-state index in [2.05, 4.69) is 5.32 Å². The average molecular weight is 419 g/mol. The van der Waals surface area contributed by atoms with Gasteiger partial charge in [0.25, 0.3) is 0 Å². The number of nitrogens with zero attached hydrogens (tertiary/aromatic N) is 1. The first-order chi connectivity index (χ1) is 14.2. The van der Waals surface area contributed by atoms with Gasteiger partial charge < -0.3 is 30.0 Å². The van der Waals surface area contributed by atoms with Gasteiger partial charge in [0.15, 0.2) is 0 Å². The lowest BCUT2D eigenvalue weighted by molar-refractivity contribution is -0.143. The molecule has 0 bridgehead atoms. The monoisotopic (exact) mass is 419 g/mol. The van der Waals surface area contributed by atoms with Crippen LogP contribution in [0.25, 0.3) is 0 Å². The molecule has 2 N–H and O–H groups in total. The highest BCUT2D eigenvalue weighted by Crippen LogP contribution is 2.40. The number of esters is 2. The molecule has 164 valence electrons. The molecule has 0 aromatic heterocycles. The molecule has 9 nitrogen and oxygen atoms in total. The molecule has 0 radical (unpaired) electrons. The van der Waals surface area contributed by atoms with E-state index in [9.17, 15) is 20.0 Å². The smallest absolute Gasteiger partial charge is 0.337 e. The molecule has 1 aliphatic heterocycles. The van der Waals surface area contributed by atoms with Crippen LogP contribution in [0.15, 0.2) is 46.8 Å². The predicted octanol–water partition coefficient (Wildman–Crippen LogP) is 2.76. The lowest BCUT2D eigenvalue weighted by atomic mass is 9.80. The van der Waals surface area contributed by atoms with Crippen LogP contribution in [0.5, 0.6) is 0 Å². The van der Waals surface area contributed by atoms with Gasteiger partial charge in [0, 0.05) is 18.5 Å². The minimum Gasteiger partial charge on any atom is -0.733 e. The van der Waals surface area contributed by atoms with Crippen molar-refractivity contribution in [1.29, 1.82) is 0 Å². The van der Waals surface area contributed by atoms with Crippen LogP contribution in [0.4, 0.5) is 5.69 Å².